The number of benzene rings is 3. The molecule has 2 nitrogen and oxygen atoms in total. The summed E-state index contributed by atoms with van der Waals surface area (Å²) in [6.45, 7) is 6.66. The van der Waals surface area contributed by atoms with Gasteiger partial charge in [-0.25, -0.2) is 0 Å². The molecule has 1 aliphatic carbocycles. The Labute approximate surface area is 222 Å². The van der Waals surface area contributed by atoms with Crippen LogP contribution in [0.5, 0.6) is 11.5 Å². The molecule has 178 valence electrons. The van der Waals surface area contributed by atoms with Gasteiger partial charge in [-0.3, -0.25) is 0 Å². The topological polar surface area (TPSA) is 18.5 Å². The van der Waals surface area contributed by atoms with E-state index in [4.69, 9.17) is 8.06 Å². The Balaban J connectivity index is 0.00000204. The van der Waals surface area contributed by atoms with Gasteiger partial charge in [-0.2, -0.15) is 0 Å². The molecule has 3 aromatic carbocycles. The van der Waals surface area contributed by atoms with E-state index in [1.807, 2.05) is 6.07 Å². The normalized spacial score (nSPS) is 12.2. The van der Waals surface area contributed by atoms with Gasteiger partial charge in [-0.15, -0.1) is 24.8 Å². The largest absolute Gasteiger partial charge is 0.147 e. The van der Waals surface area contributed by atoms with E-state index in [9.17, 15) is 0 Å². The zero-order chi connectivity index (χ0) is 22.6. The number of hydrogen-bond donors (Lipinski definition) is 0. The van der Waals surface area contributed by atoms with Crippen LogP contribution in [0.25, 0.3) is 0 Å². The van der Waals surface area contributed by atoms with Gasteiger partial charge in [-0.1, -0.05) is 0 Å². The van der Waals surface area contributed by atoms with Gasteiger partial charge < -0.3 is 0 Å². The van der Waals surface area contributed by atoms with E-state index in [2.05, 4.69) is 112 Å². The number of halogens is 2. The Kier molecular flexibility index (Phi) is 10.4. The van der Waals surface area contributed by atoms with E-state index in [1.165, 1.54) is 24.4 Å². The maximum atomic E-state index is 6.99. The van der Waals surface area contributed by atoms with Crippen molar-refractivity contribution in [2.75, 3.05) is 7.11 Å². The van der Waals surface area contributed by atoms with Crippen molar-refractivity contribution in [3.8, 4) is 11.5 Å². The molecule has 0 fully saturated rings. The molecule has 0 saturated carbocycles. The average Bonchev–Trinajstić information content (AvgIpc) is 3.34. The molecule has 0 aromatic heterocycles. The minimum Gasteiger partial charge on any atom is -0.147 e. The Morgan fingerprint density at radius 3 is 1.82 bits per heavy atom. The van der Waals surface area contributed by atoms with Gasteiger partial charge in [0.1, 0.15) is 0 Å². The maximum Gasteiger partial charge on any atom is -0.147 e. The molecule has 0 heterocycles. The van der Waals surface area contributed by atoms with Crippen LogP contribution in [-0.2, 0) is 23.2 Å². The first-order valence-corrected chi connectivity index (χ1v) is 13.2. The molecule has 0 saturated heterocycles. The fourth-order valence-corrected chi connectivity index (χ4v) is 7.45. The minimum atomic E-state index is -2.39. The van der Waals surface area contributed by atoms with Gasteiger partial charge in [0.05, 0.1) is 0 Å². The molecule has 0 amide bonds. The van der Waals surface area contributed by atoms with Crippen molar-refractivity contribution >= 4 is 28.6 Å². The van der Waals surface area contributed by atoms with E-state index < -0.39 is 17.8 Å². The molecule has 1 aliphatic rings. The molecule has 0 spiro atoms. The number of ether oxygens (including phenoxy) is 1. The summed E-state index contributed by atoms with van der Waals surface area (Å²) >= 11 is -2.39. The quantitative estimate of drug-likeness (QED) is 0.302. The number of allylic oxidation sites excluding steroid dienone is 4. The Morgan fingerprint density at radius 2 is 1.35 bits per heavy atom. The third kappa shape index (κ3) is 6.74. The first-order valence-electron chi connectivity index (χ1n) is 11.0. The third-order valence-electron chi connectivity index (χ3n) is 5.62. The standard InChI is InChI=1S/C13H10.C11H16O2.C5H5.2ClH.Ti/c1-3-7-12(8-4-1)11-13-9-5-2-6-10-13;1-11(2,3)8-5-9(12)7-10(6-8)13-4;1-2-4-5-3-1;;;/h1-10H;5-7,12H,1-4H3;1-3H,4H2;2*1H;/q;;;;;+1/p-1. The molecule has 3 aromatic rings. The van der Waals surface area contributed by atoms with Crippen LogP contribution in [0, 0.1) is 0 Å². The molecular formula is C29H32Cl2O2Ti. The first-order chi connectivity index (χ1) is 15.5. The average molecular weight is 531 g/mol. The number of methoxy groups -OCH3 is 1. The van der Waals surface area contributed by atoms with Crippen molar-refractivity contribution in [2.24, 2.45) is 0 Å². The third-order valence-corrected chi connectivity index (χ3v) is 9.40. The molecular weight excluding hydrogens is 499 g/mol. The van der Waals surface area contributed by atoms with Crippen LogP contribution in [-0.4, -0.2) is 10.9 Å². The molecule has 5 heteroatoms. The van der Waals surface area contributed by atoms with Crippen LogP contribution in [0.2, 0.25) is 0 Å². The summed E-state index contributed by atoms with van der Waals surface area (Å²) < 4.78 is 15.4. The van der Waals surface area contributed by atoms with Gasteiger partial charge in [0, 0.05) is 0 Å². The maximum absolute atomic E-state index is 6.99. The summed E-state index contributed by atoms with van der Waals surface area (Å²) in [5.41, 5.74) is 3.69. The molecule has 0 unspecified atom stereocenters. The molecule has 0 radical (unpaired) electrons. The molecule has 4 rings (SSSR count). The summed E-state index contributed by atoms with van der Waals surface area (Å²) in [7, 11) is 1.72. The summed E-state index contributed by atoms with van der Waals surface area (Å²) in [5, 5.41) is 0. The number of hydrogen-bond acceptors (Lipinski definition) is 2. The van der Waals surface area contributed by atoms with Crippen LogP contribution in [0.1, 0.15) is 43.9 Å². The Bertz CT molecular complexity index is 1140. The molecule has 0 N–H and O–H groups in total. The molecule has 34 heavy (non-hydrogen) atoms. The van der Waals surface area contributed by atoms with E-state index in [0.29, 0.717) is 0 Å². The molecule has 0 atom stereocenters. The SMILES string of the molecule is COc1cc([O][Ti]([C]2=CC=CC2)=[C](c2ccccc2)c2ccccc2)cc(C(C)(C)C)c1.Cl.Cl. The predicted octanol–water partition coefficient (Wildman–Crippen LogP) is 7.86. The van der Waals surface area contributed by atoms with Crippen LogP contribution in [0.4, 0.5) is 0 Å². The summed E-state index contributed by atoms with van der Waals surface area (Å²) in [6, 6.07) is 27.7. The fraction of sp³-hybridized carbons (Fsp3) is 0.207. The predicted molar refractivity (Wildman–Crippen MR) is 145 cm³/mol. The Morgan fingerprint density at radius 1 is 0.794 bits per heavy atom. The van der Waals surface area contributed by atoms with Crippen LogP contribution >= 0.6 is 24.8 Å². The van der Waals surface area contributed by atoms with Gasteiger partial charge in [0.15, 0.2) is 0 Å². The van der Waals surface area contributed by atoms with E-state index >= 15 is 0 Å². The second-order valence-corrected chi connectivity index (χ2v) is 12.1. The second-order valence-electron chi connectivity index (χ2n) is 9.01. The molecule has 0 bridgehead atoms. The van der Waals surface area contributed by atoms with Crippen molar-refractivity contribution in [3.05, 3.63) is 118 Å². The van der Waals surface area contributed by atoms with Crippen molar-refractivity contribution < 1.29 is 25.9 Å². The number of rotatable bonds is 6. The van der Waals surface area contributed by atoms with Crippen molar-refractivity contribution in [3.63, 3.8) is 0 Å². The summed E-state index contributed by atoms with van der Waals surface area (Å²) in [6.07, 6.45) is 7.59. The summed E-state index contributed by atoms with van der Waals surface area (Å²) in [4.78, 5) is 0. The fourth-order valence-electron chi connectivity index (χ4n) is 3.83. The van der Waals surface area contributed by atoms with Gasteiger partial charge in [0.25, 0.3) is 0 Å². The van der Waals surface area contributed by atoms with Crippen LogP contribution < -0.4 is 8.06 Å². The summed E-state index contributed by atoms with van der Waals surface area (Å²) in [5.74, 6) is 1.73. The zero-order valence-corrected chi connectivity index (χ0v) is 23.3. The van der Waals surface area contributed by atoms with E-state index in [0.717, 1.165) is 17.9 Å². The Hall–Kier alpha value is -2.10. The van der Waals surface area contributed by atoms with E-state index in [1.54, 1.807) is 7.11 Å². The minimum absolute atomic E-state index is 0. The molecule has 0 aliphatic heterocycles. The van der Waals surface area contributed by atoms with Gasteiger partial charge >= 0.3 is 199 Å². The second kappa shape index (κ2) is 12.6. The van der Waals surface area contributed by atoms with Crippen LogP contribution in [0.3, 0.4) is 0 Å². The van der Waals surface area contributed by atoms with Crippen molar-refractivity contribution in [1.29, 1.82) is 0 Å². The van der Waals surface area contributed by atoms with E-state index in [-0.39, 0.29) is 30.2 Å². The smallest absolute Gasteiger partial charge is 0.147 e. The van der Waals surface area contributed by atoms with Crippen molar-refractivity contribution in [2.45, 2.75) is 32.6 Å². The van der Waals surface area contributed by atoms with Crippen LogP contribution in [0.15, 0.2) is 101 Å². The first kappa shape index (κ1) is 28.1. The van der Waals surface area contributed by atoms with Gasteiger partial charge in [-0.05, 0) is 0 Å². The van der Waals surface area contributed by atoms with Crippen molar-refractivity contribution in [1.82, 2.24) is 0 Å². The monoisotopic (exact) mass is 530 g/mol. The van der Waals surface area contributed by atoms with Gasteiger partial charge in [0.2, 0.25) is 0 Å². The zero-order valence-electron chi connectivity index (χ0n) is 20.1.